The first-order valence-corrected chi connectivity index (χ1v) is 57.2. The summed E-state index contributed by atoms with van der Waals surface area (Å²) in [5, 5.41) is 0. The molecule has 0 aliphatic carbocycles. The van der Waals surface area contributed by atoms with E-state index in [0.717, 1.165) is 128 Å². The number of hydrogen-bond acceptors (Lipinski definition) is 12. The molecule has 13 nitrogen and oxygen atoms in total. The lowest BCUT2D eigenvalue weighted by molar-refractivity contribution is -0.209. The molecule has 0 bridgehead atoms. The predicted octanol–water partition coefficient (Wildman–Crippen LogP) is 36.5. The topological polar surface area (TPSA) is 189 Å². The van der Waals surface area contributed by atoms with Crippen LogP contribution in [0.15, 0.2) is 0 Å². The lowest BCUT2D eigenvalue weighted by Crippen LogP contribution is -2.54. The van der Waals surface area contributed by atoms with Crippen LogP contribution in [-0.2, 0) is 57.2 Å². The molecule has 0 spiro atoms. The highest BCUT2D eigenvalue weighted by Crippen LogP contribution is 2.28. The van der Waals surface area contributed by atoms with Crippen molar-refractivity contribution in [2.45, 2.75) is 682 Å². The maximum atomic E-state index is 14.9. The lowest BCUT2D eigenvalue weighted by Gasteiger charge is -2.36. The summed E-state index contributed by atoms with van der Waals surface area (Å²) in [7, 11) is 0. The van der Waals surface area contributed by atoms with Crippen LogP contribution in [0.4, 0.5) is 0 Å². The number of esters is 6. The van der Waals surface area contributed by atoms with Crippen molar-refractivity contribution in [2.75, 3.05) is 13.2 Å². The summed E-state index contributed by atoms with van der Waals surface area (Å²) in [6.07, 6.45) is 101. The summed E-state index contributed by atoms with van der Waals surface area (Å²) in [5.41, 5.74) is 0. The van der Waals surface area contributed by atoms with Crippen LogP contribution in [-0.4, -0.2) is 78.9 Å². The summed E-state index contributed by atoms with van der Waals surface area (Å²) < 4.78 is 38.9. The molecule has 0 aromatic heterocycles. The molecule has 0 rings (SSSR count). The van der Waals surface area contributed by atoms with E-state index in [2.05, 4.69) is 41.5 Å². The highest BCUT2D eigenvalue weighted by molar-refractivity contribution is 5.73. The molecule has 0 amide bonds. The van der Waals surface area contributed by atoms with Crippen molar-refractivity contribution in [1.29, 1.82) is 0 Å². The minimum absolute atomic E-state index is 0. The van der Waals surface area contributed by atoms with E-state index in [1.165, 1.54) is 411 Å². The minimum Gasteiger partial charge on any atom is -0.462 e. The lowest BCUT2D eigenvalue weighted by atomic mass is 10.0. The van der Waals surface area contributed by atoms with E-state index in [0.29, 0.717) is 38.5 Å². The summed E-state index contributed by atoms with van der Waals surface area (Å²) >= 11 is 0. The quantitative estimate of drug-likeness (QED) is 0.0319. The van der Waals surface area contributed by atoms with Crippen molar-refractivity contribution in [3.63, 3.8) is 0 Å². The van der Waals surface area contributed by atoms with Crippen molar-refractivity contribution in [3.05, 3.63) is 0 Å². The Morgan fingerprint density at radius 3 is 0.370 bits per heavy atom. The highest BCUT2D eigenvalue weighted by Gasteiger charge is 2.46. The van der Waals surface area contributed by atoms with Crippen LogP contribution in [0.3, 0.4) is 0 Å². The van der Waals surface area contributed by atoms with Gasteiger partial charge in [0.25, 0.3) is 0 Å². The molecule has 0 heterocycles. The van der Waals surface area contributed by atoms with Gasteiger partial charge in [0.05, 0.1) is 0 Å². The largest absolute Gasteiger partial charge is 0.462 e. The molecule has 0 saturated heterocycles. The monoisotopic (exact) mass is 1800 g/mol. The number of rotatable bonds is 107. The van der Waals surface area contributed by atoms with E-state index in [4.69, 9.17) is 28.4 Å². The van der Waals surface area contributed by atoms with Crippen LogP contribution in [0.5, 0.6) is 0 Å². The number of carbonyl (C=O) groups is 6. The Kier molecular flexibility index (Phi) is 105. The second-order valence-corrected chi connectivity index (χ2v) is 39.5. The number of carbonyl (C=O) groups excluding carboxylic acids is 6. The van der Waals surface area contributed by atoms with Crippen LogP contribution in [0, 0.1) is 0 Å². The fourth-order valence-corrected chi connectivity index (χ4v) is 18.3. The Bertz CT molecular complexity index is 2090. The standard InChI is InChI=1S/C114H218O12.H2O/c1-7-13-19-25-31-37-43-49-55-61-67-73-79-85-91-97-107(115)121-103-105(123-109(117)99-93-87-81-75-69-63-57-51-45-39-33-27-21-15-9-3)113(125-111(119)101-95-89-83-77-71-65-59-53-47-41-35-29-23-17-11-5)114(126-112(120)102-96-90-84-78-72-66-60-54-48-42-36-30-24-18-12-6)106(124-110(118)100-94-88-82-76-70-64-58-52-46-40-34-28-22-16-10-4)104-122-108(116)98-92-86-80-74-68-62-56-50-44-38-32-26-20-14-8-2;/h105-106,113-114H,7-104H2,1-6H3;1H2/t105-,106+,113-,114-;/m1./s1. The van der Waals surface area contributed by atoms with Gasteiger partial charge in [0.1, 0.15) is 13.2 Å². The molecule has 0 fully saturated rings. The van der Waals surface area contributed by atoms with Crippen molar-refractivity contribution in [3.8, 4) is 0 Å². The van der Waals surface area contributed by atoms with Gasteiger partial charge >= 0.3 is 35.8 Å². The zero-order chi connectivity index (χ0) is 91.3. The predicted molar refractivity (Wildman–Crippen MR) is 542 cm³/mol. The summed E-state index contributed by atoms with van der Waals surface area (Å²) in [5.74, 6) is -3.18. The molecule has 2 N–H and O–H groups in total. The Morgan fingerprint density at radius 2 is 0.244 bits per heavy atom. The van der Waals surface area contributed by atoms with E-state index in [1.807, 2.05) is 0 Å². The SMILES string of the molecule is CCCCCCCCCCCCCCCCCC(=O)OC[C@H](OC(=O)CCCCCCCCCCCCCCCCC)[C@@H](OC(=O)CCCCCCCCCCCCCCCCC)[C@H](OC(=O)CCCCCCCCCCCCCCCCC)[C@@H](COC(=O)CCCCCCCCCCCCCCCCC)OC(=O)CCCCCCCCCCCCCCCCC.O. The van der Waals surface area contributed by atoms with Crippen LogP contribution in [0.1, 0.15) is 658 Å². The second-order valence-electron chi connectivity index (χ2n) is 39.5. The summed E-state index contributed by atoms with van der Waals surface area (Å²) in [6, 6.07) is 0. The van der Waals surface area contributed by atoms with Gasteiger partial charge in [0.2, 0.25) is 0 Å². The molecule has 0 aliphatic heterocycles. The summed E-state index contributed by atoms with van der Waals surface area (Å²) in [6.45, 7) is 12.7. The molecule has 0 aromatic carbocycles. The van der Waals surface area contributed by atoms with Crippen LogP contribution < -0.4 is 0 Å². The smallest absolute Gasteiger partial charge is 0.306 e. The van der Waals surface area contributed by atoms with Gasteiger partial charge < -0.3 is 33.9 Å². The van der Waals surface area contributed by atoms with E-state index in [1.54, 1.807) is 0 Å². The third-order valence-electron chi connectivity index (χ3n) is 26.9. The van der Waals surface area contributed by atoms with Crippen LogP contribution in [0.2, 0.25) is 0 Å². The first-order valence-electron chi connectivity index (χ1n) is 57.2. The van der Waals surface area contributed by atoms with Crippen molar-refractivity contribution in [1.82, 2.24) is 0 Å². The van der Waals surface area contributed by atoms with E-state index in [-0.39, 0.29) is 44.0 Å². The van der Waals surface area contributed by atoms with Gasteiger partial charge in [-0.3, -0.25) is 28.8 Å². The third kappa shape index (κ3) is 95.7. The number of ether oxygens (including phenoxy) is 6. The zero-order valence-corrected chi connectivity index (χ0v) is 86.0. The van der Waals surface area contributed by atoms with Crippen LogP contribution in [0.25, 0.3) is 0 Å². The van der Waals surface area contributed by atoms with Gasteiger partial charge in [0.15, 0.2) is 24.4 Å². The van der Waals surface area contributed by atoms with Gasteiger partial charge in [0, 0.05) is 38.5 Å². The van der Waals surface area contributed by atoms with Gasteiger partial charge in [-0.1, -0.05) is 581 Å². The first kappa shape index (κ1) is 126. The van der Waals surface area contributed by atoms with E-state index >= 15 is 0 Å². The highest BCUT2D eigenvalue weighted by atomic mass is 16.6. The zero-order valence-electron chi connectivity index (χ0n) is 86.0. The Balaban J connectivity index is 0. The maximum Gasteiger partial charge on any atom is 0.306 e. The van der Waals surface area contributed by atoms with E-state index < -0.39 is 73.4 Å². The maximum absolute atomic E-state index is 14.9. The normalized spacial score (nSPS) is 12.4. The molecule has 13 heteroatoms. The Hall–Kier alpha value is -3.22. The van der Waals surface area contributed by atoms with Crippen molar-refractivity contribution in [2.24, 2.45) is 0 Å². The number of hydrogen-bond donors (Lipinski definition) is 0. The van der Waals surface area contributed by atoms with Crippen molar-refractivity contribution >= 4 is 35.8 Å². The Morgan fingerprint density at radius 1 is 0.142 bits per heavy atom. The van der Waals surface area contributed by atoms with Gasteiger partial charge in [-0.15, -0.1) is 0 Å². The fourth-order valence-electron chi connectivity index (χ4n) is 18.3. The second kappa shape index (κ2) is 106. The first-order chi connectivity index (χ1) is 62.1. The molecule has 0 radical (unpaired) electrons. The summed E-state index contributed by atoms with van der Waals surface area (Å²) in [4.78, 5) is 87.6. The average molecular weight is 1800 g/mol. The van der Waals surface area contributed by atoms with E-state index in [9.17, 15) is 28.8 Å². The minimum atomic E-state index is -1.60. The average Bonchev–Trinajstić information content (AvgIpc) is 0.821. The molecule has 0 unspecified atom stereocenters. The number of unbranched alkanes of at least 4 members (excludes halogenated alkanes) is 84. The third-order valence-corrected chi connectivity index (χ3v) is 26.9. The van der Waals surface area contributed by atoms with Gasteiger partial charge in [-0.2, -0.15) is 0 Å². The molecule has 127 heavy (non-hydrogen) atoms. The molecular formula is C114H220O13. The Labute approximate surface area is 789 Å². The fraction of sp³-hybridized carbons (Fsp3) is 0.947. The molecular weight excluding hydrogens is 1580 g/mol. The molecule has 4 atom stereocenters. The van der Waals surface area contributed by atoms with Crippen LogP contribution >= 0.6 is 0 Å². The molecule has 0 aromatic rings. The molecule has 0 saturated carbocycles. The van der Waals surface area contributed by atoms with Crippen molar-refractivity contribution < 1.29 is 62.7 Å². The van der Waals surface area contributed by atoms with Gasteiger partial charge in [-0.25, -0.2) is 0 Å². The molecule has 754 valence electrons. The molecule has 0 aliphatic rings. The van der Waals surface area contributed by atoms with Gasteiger partial charge in [-0.05, 0) is 38.5 Å².